The number of nitrogens with one attached hydrogen (secondary N) is 1. The van der Waals surface area contributed by atoms with E-state index in [1.807, 2.05) is 66.7 Å². The van der Waals surface area contributed by atoms with Gasteiger partial charge in [0.05, 0.1) is 17.1 Å². The monoisotopic (exact) mass is 554 g/mol. The molecule has 202 valence electrons. The average molecular weight is 555 g/mol. The molecule has 1 aliphatic rings. The van der Waals surface area contributed by atoms with Crippen LogP contribution in [0.3, 0.4) is 0 Å². The number of nitrogens with zero attached hydrogens (tertiary/aromatic N) is 1. The molecule has 7 nitrogen and oxygen atoms in total. The van der Waals surface area contributed by atoms with E-state index in [-0.39, 0.29) is 48.5 Å². The van der Waals surface area contributed by atoms with E-state index in [1.54, 1.807) is 6.07 Å². The van der Waals surface area contributed by atoms with Crippen LogP contribution in [0.5, 0.6) is 0 Å². The lowest BCUT2D eigenvalue weighted by Gasteiger charge is -2.22. The zero-order valence-electron chi connectivity index (χ0n) is 21.5. The maximum absolute atomic E-state index is 13.3. The van der Waals surface area contributed by atoms with Crippen molar-refractivity contribution in [1.82, 2.24) is 4.90 Å². The summed E-state index contributed by atoms with van der Waals surface area (Å²) in [7, 11) is 0. The number of carboxylic acid groups (broad SMARTS) is 1. The van der Waals surface area contributed by atoms with Crippen molar-refractivity contribution in [3.05, 3.63) is 124 Å². The van der Waals surface area contributed by atoms with Crippen molar-refractivity contribution in [3.63, 3.8) is 0 Å². The van der Waals surface area contributed by atoms with Gasteiger partial charge >= 0.3 is 12.1 Å². The van der Waals surface area contributed by atoms with Gasteiger partial charge in [-0.15, -0.1) is 0 Å². The highest BCUT2D eigenvalue weighted by atomic mass is 35.5. The van der Waals surface area contributed by atoms with Gasteiger partial charge in [-0.05, 0) is 46.0 Å². The number of carbonyl (C=O) groups excluding carboxylic acids is 2. The Balaban J connectivity index is 1.25. The molecule has 0 atom stereocenters. The summed E-state index contributed by atoms with van der Waals surface area (Å²) >= 11 is 6.44. The van der Waals surface area contributed by atoms with E-state index in [2.05, 4.69) is 17.4 Å². The largest absolute Gasteiger partial charge is 0.481 e. The first-order valence-corrected chi connectivity index (χ1v) is 13.2. The van der Waals surface area contributed by atoms with Gasteiger partial charge in [-0.1, -0.05) is 90.5 Å². The summed E-state index contributed by atoms with van der Waals surface area (Å²) < 4.78 is 5.60. The third-order valence-corrected chi connectivity index (χ3v) is 7.21. The van der Waals surface area contributed by atoms with Crippen molar-refractivity contribution in [3.8, 4) is 11.1 Å². The molecule has 0 unspecified atom stereocenters. The van der Waals surface area contributed by atoms with Crippen LogP contribution in [0.25, 0.3) is 11.1 Å². The molecule has 0 fully saturated rings. The first-order chi connectivity index (χ1) is 19.4. The molecule has 0 bridgehead atoms. The molecule has 5 rings (SSSR count). The topological polar surface area (TPSA) is 95.9 Å². The number of ether oxygens (including phenoxy) is 1. The summed E-state index contributed by atoms with van der Waals surface area (Å²) in [6, 6.07) is 30.0. The van der Waals surface area contributed by atoms with E-state index in [0.29, 0.717) is 5.69 Å². The molecule has 0 aromatic heterocycles. The molecule has 0 spiro atoms. The minimum absolute atomic E-state index is 0.0421. The maximum Gasteiger partial charge on any atom is 0.411 e. The van der Waals surface area contributed by atoms with Crippen molar-refractivity contribution in [1.29, 1.82) is 0 Å². The van der Waals surface area contributed by atoms with Crippen molar-refractivity contribution >= 4 is 35.3 Å². The number of aliphatic carboxylic acids is 1. The Morgan fingerprint density at radius 2 is 1.48 bits per heavy atom. The molecular weight excluding hydrogens is 528 g/mol. The number of hydrogen-bond acceptors (Lipinski definition) is 4. The standard InChI is InChI=1S/C32H27ClN2O5/c33-28-18-22(31(38)35(17-16-30(36)37)19-21-8-2-1-3-9-21)14-15-29(28)34-32(39)40-20-27-25-12-6-4-10-23(25)24-11-5-7-13-26(24)27/h1-15,18,27H,16-17,19-20H2,(H,34,39)(H,36,37). The predicted molar refractivity (Wildman–Crippen MR) is 154 cm³/mol. The second kappa shape index (κ2) is 12.1. The highest BCUT2D eigenvalue weighted by Crippen LogP contribution is 2.44. The number of carboxylic acids is 1. The normalized spacial score (nSPS) is 11.8. The number of anilines is 1. The smallest absolute Gasteiger partial charge is 0.411 e. The van der Waals surface area contributed by atoms with Crippen LogP contribution in [0.2, 0.25) is 5.02 Å². The SMILES string of the molecule is O=C(O)CCN(Cc1ccccc1)C(=O)c1ccc(NC(=O)OCC2c3ccccc3-c3ccccc32)c(Cl)c1. The summed E-state index contributed by atoms with van der Waals surface area (Å²) in [6.45, 7) is 0.455. The number of halogens is 1. The number of hydrogen-bond donors (Lipinski definition) is 2. The Hall–Kier alpha value is -4.62. The van der Waals surface area contributed by atoms with Crippen LogP contribution in [0.1, 0.15) is 39.4 Å². The molecular formula is C32H27ClN2O5. The van der Waals surface area contributed by atoms with E-state index < -0.39 is 12.1 Å². The number of fused-ring (bicyclic) bond motifs is 3. The second-order valence-electron chi connectivity index (χ2n) is 9.50. The number of benzene rings is 4. The van der Waals surface area contributed by atoms with Crippen LogP contribution in [-0.4, -0.2) is 41.1 Å². The van der Waals surface area contributed by atoms with Gasteiger partial charge in [0, 0.05) is 24.6 Å². The Morgan fingerprint density at radius 1 is 0.850 bits per heavy atom. The summed E-state index contributed by atoms with van der Waals surface area (Å²) in [5.74, 6) is -1.43. The molecule has 0 aliphatic heterocycles. The minimum atomic E-state index is -0.994. The Morgan fingerprint density at radius 3 is 2.10 bits per heavy atom. The molecule has 0 saturated carbocycles. The van der Waals surface area contributed by atoms with E-state index in [9.17, 15) is 14.4 Å². The Bertz CT molecular complexity index is 1510. The highest BCUT2D eigenvalue weighted by Gasteiger charge is 2.29. The van der Waals surface area contributed by atoms with E-state index in [4.69, 9.17) is 21.4 Å². The van der Waals surface area contributed by atoms with Crippen molar-refractivity contribution in [2.75, 3.05) is 18.5 Å². The van der Waals surface area contributed by atoms with Gasteiger partial charge in [-0.25, -0.2) is 4.79 Å². The maximum atomic E-state index is 13.3. The van der Waals surface area contributed by atoms with Crippen molar-refractivity contribution in [2.45, 2.75) is 18.9 Å². The molecule has 1 aliphatic carbocycles. The average Bonchev–Trinajstić information content (AvgIpc) is 3.29. The fourth-order valence-corrected chi connectivity index (χ4v) is 5.19. The Kier molecular flexibility index (Phi) is 8.12. The number of carbonyl (C=O) groups is 3. The lowest BCUT2D eigenvalue weighted by Crippen LogP contribution is -2.32. The van der Waals surface area contributed by atoms with Crippen LogP contribution >= 0.6 is 11.6 Å². The summed E-state index contributed by atoms with van der Waals surface area (Å²) in [6.07, 6.45) is -0.844. The quantitative estimate of drug-likeness (QED) is 0.237. The van der Waals surface area contributed by atoms with Gasteiger partial charge in [0.25, 0.3) is 5.91 Å². The van der Waals surface area contributed by atoms with E-state index >= 15 is 0 Å². The van der Waals surface area contributed by atoms with Crippen LogP contribution in [0.15, 0.2) is 97.1 Å². The molecule has 4 aromatic carbocycles. The molecule has 8 heteroatoms. The third-order valence-electron chi connectivity index (χ3n) is 6.90. The summed E-state index contributed by atoms with van der Waals surface area (Å²) in [4.78, 5) is 38.6. The summed E-state index contributed by atoms with van der Waals surface area (Å²) in [5, 5.41) is 12.0. The Labute approximate surface area is 237 Å². The molecule has 4 aromatic rings. The van der Waals surface area contributed by atoms with Crippen LogP contribution in [-0.2, 0) is 16.1 Å². The molecule has 2 N–H and O–H groups in total. The van der Waals surface area contributed by atoms with Crippen LogP contribution < -0.4 is 5.32 Å². The number of amides is 2. The van der Waals surface area contributed by atoms with Gasteiger partial charge < -0.3 is 14.7 Å². The molecule has 0 radical (unpaired) electrons. The van der Waals surface area contributed by atoms with Gasteiger partial charge in [0.1, 0.15) is 6.61 Å². The lowest BCUT2D eigenvalue weighted by molar-refractivity contribution is -0.137. The van der Waals surface area contributed by atoms with E-state index in [1.165, 1.54) is 17.0 Å². The van der Waals surface area contributed by atoms with Crippen LogP contribution in [0, 0.1) is 0 Å². The first kappa shape index (κ1) is 27.0. The van der Waals surface area contributed by atoms with Crippen molar-refractivity contribution in [2.24, 2.45) is 0 Å². The molecule has 2 amide bonds. The zero-order chi connectivity index (χ0) is 28.1. The summed E-state index contributed by atoms with van der Waals surface area (Å²) in [5.41, 5.74) is 5.96. The molecule has 0 heterocycles. The fraction of sp³-hybridized carbons (Fsp3) is 0.156. The minimum Gasteiger partial charge on any atom is -0.481 e. The third kappa shape index (κ3) is 6.00. The van der Waals surface area contributed by atoms with Gasteiger partial charge in [0.15, 0.2) is 0 Å². The van der Waals surface area contributed by atoms with E-state index in [0.717, 1.165) is 27.8 Å². The highest BCUT2D eigenvalue weighted by molar-refractivity contribution is 6.34. The van der Waals surface area contributed by atoms with Crippen LogP contribution in [0.4, 0.5) is 10.5 Å². The van der Waals surface area contributed by atoms with Gasteiger partial charge in [0.2, 0.25) is 0 Å². The molecule has 40 heavy (non-hydrogen) atoms. The van der Waals surface area contributed by atoms with Gasteiger partial charge in [-0.2, -0.15) is 0 Å². The number of rotatable bonds is 9. The second-order valence-corrected chi connectivity index (χ2v) is 9.91. The van der Waals surface area contributed by atoms with Gasteiger partial charge in [-0.3, -0.25) is 14.9 Å². The lowest BCUT2D eigenvalue weighted by atomic mass is 9.98. The first-order valence-electron chi connectivity index (χ1n) is 12.9. The predicted octanol–water partition coefficient (Wildman–Crippen LogP) is 6.82. The zero-order valence-corrected chi connectivity index (χ0v) is 22.3. The van der Waals surface area contributed by atoms with Crippen molar-refractivity contribution < 1.29 is 24.2 Å². The fourth-order valence-electron chi connectivity index (χ4n) is 4.96. The molecule has 0 saturated heterocycles.